The molecule has 42 heavy (non-hydrogen) atoms. The van der Waals surface area contributed by atoms with Crippen LogP contribution in [0.5, 0.6) is 5.88 Å². The summed E-state index contributed by atoms with van der Waals surface area (Å²) >= 11 is 1.07. The minimum absolute atomic E-state index is 0.0747. The Balaban J connectivity index is 1.37. The third-order valence-electron chi connectivity index (χ3n) is 8.10. The van der Waals surface area contributed by atoms with Gasteiger partial charge in [0.15, 0.2) is 5.82 Å². The van der Waals surface area contributed by atoms with E-state index >= 15 is 0 Å². The van der Waals surface area contributed by atoms with Crippen molar-refractivity contribution in [2.45, 2.75) is 76.0 Å². The molecule has 3 N–H and O–H groups in total. The summed E-state index contributed by atoms with van der Waals surface area (Å²) in [4.78, 5) is 24.7. The molecule has 1 amide bonds. The Morgan fingerprint density at radius 3 is 2.67 bits per heavy atom. The van der Waals surface area contributed by atoms with Crippen LogP contribution >= 0.6 is 11.9 Å². The Bertz CT molecular complexity index is 1420. The summed E-state index contributed by atoms with van der Waals surface area (Å²) in [5.74, 6) is 1.72. The molecule has 9 nitrogen and oxygen atoms in total. The summed E-state index contributed by atoms with van der Waals surface area (Å²) in [5, 5.41) is 4.96. The van der Waals surface area contributed by atoms with Crippen molar-refractivity contribution < 1.29 is 22.7 Å². The van der Waals surface area contributed by atoms with Gasteiger partial charge in [-0.3, -0.25) is 9.52 Å². The zero-order valence-corrected chi connectivity index (χ0v) is 24.8. The predicted molar refractivity (Wildman–Crippen MR) is 156 cm³/mol. The fourth-order valence-corrected chi connectivity index (χ4v) is 6.25. The lowest BCUT2D eigenvalue weighted by Crippen LogP contribution is -2.40. The average molecular weight is 604 g/mol. The summed E-state index contributed by atoms with van der Waals surface area (Å²) in [7, 11) is 0. The molecule has 13 heteroatoms. The molecule has 3 aromatic heterocycles. The standard InChI is InChI=1S/C29H36F3N7O2S/c1-4-6-19-17-27(2,3)38(18-19)25-20(26(40)37-42-24-8-5-7-21(33)34-24)9-10-22(35-25)39-15-11-23(36-39)41-16-14-28(12-13-28)29(30,31)32/h5,7-11,15,19H,4,6,12-14,16-18H2,1-3H3,(H2,33,34)(H,37,40). The number of hydrogen-bond acceptors (Lipinski definition) is 8. The Labute approximate surface area is 247 Å². The number of anilines is 2. The Morgan fingerprint density at radius 2 is 1.98 bits per heavy atom. The van der Waals surface area contributed by atoms with Crippen molar-refractivity contribution >= 4 is 29.5 Å². The molecule has 3 aromatic rings. The van der Waals surface area contributed by atoms with Crippen molar-refractivity contribution in [3.05, 3.63) is 48.2 Å². The van der Waals surface area contributed by atoms with Crippen LogP contribution in [0, 0.1) is 11.3 Å². The van der Waals surface area contributed by atoms with E-state index in [1.165, 1.54) is 4.68 Å². The smallest absolute Gasteiger partial charge is 0.394 e. The second kappa shape index (κ2) is 11.7. The van der Waals surface area contributed by atoms with E-state index in [9.17, 15) is 18.0 Å². The van der Waals surface area contributed by atoms with Crippen molar-refractivity contribution in [2.75, 3.05) is 23.8 Å². The van der Waals surface area contributed by atoms with Gasteiger partial charge in [0.25, 0.3) is 5.91 Å². The molecule has 1 aliphatic carbocycles. The number of nitrogens with zero attached hydrogens (tertiary/aromatic N) is 5. The second-order valence-electron chi connectivity index (χ2n) is 11.7. The highest BCUT2D eigenvalue weighted by molar-refractivity contribution is 7.97. The summed E-state index contributed by atoms with van der Waals surface area (Å²) in [6.45, 7) is 7.15. The van der Waals surface area contributed by atoms with E-state index in [1.807, 2.05) is 0 Å². The van der Waals surface area contributed by atoms with Crippen molar-refractivity contribution in [2.24, 2.45) is 11.3 Å². The number of rotatable bonds is 11. The summed E-state index contributed by atoms with van der Waals surface area (Å²) in [6.07, 6.45) is 0.730. The Morgan fingerprint density at radius 1 is 1.19 bits per heavy atom. The van der Waals surface area contributed by atoms with Crippen LogP contribution in [0.3, 0.4) is 0 Å². The van der Waals surface area contributed by atoms with E-state index in [-0.39, 0.29) is 43.2 Å². The molecule has 1 saturated carbocycles. The molecule has 0 bridgehead atoms. The summed E-state index contributed by atoms with van der Waals surface area (Å²) in [5.41, 5.74) is 4.32. The van der Waals surface area contributed by atoms with Crippen LogP contribution in [0.1, 0.15) is 69.7 Å². The first-order valence-electron chi connectivity index (χ1n) is 14.1. The number of halogens is 3. The van der Waals surface area contributed by atoms with Gasteiger partial charge in [-0.1, -0.05) is 19.4 Å². The first-order chi connectivity index (χ1) is 19.9. The molecule has 4 heterocycles. The number of hydrogen-bond donors (Lipinski definition) is 2. The maximum Gasteiger partial charge on any atom is 0.394 e. The SMILES string of the molecule is CCCC1CN(c2nc(-n3ccc(OCCC4(C(F)(F)F)CC4)n3)ccc2C(=O)NSc2cccc(N)n2)C(C)(C)C1. The Kier molecular flexibility index (Phi) is 8.32. The number of amides is 1. The first-order valence-corrected chi connectivity index (χ1v) is 15.0. The first kappa shape index (κ1) is 30.0. The molecule has 2 aliphatic rings. The molecule has 226 valence electrons. The highest BCUT2D eigenvalue weighted by Gasteiger charge is 2.62. The van der Waals surface area contributed by atoms with Gasteiger partial charge in [0.1, 0.15) is 16.7 Å². The zero-order chi connectivity index (χ0) is 30.1. The lowest BCUT2D eigenvalue weighted by Gasteiger charge is -2.34. The van der Waals surface area contributed by atoms with E-state index in [4.69, 9.17) is 15.5 Å². The van der Waals surface area contributed by atoms with Crippen molar-refractivity contribution in [1.29, 1.82) is 0 Å². The minimum atomic E-state index is -4.22. The molecule has 1 aliphatic heterocycles. The van der Waals surface area contributed by atoms with Crippen LogP contribution < -0.4 is 20.1 Å². The maximum atomic E-state index is 13.4. The molecule has 1 saturated heterocycles. The highest BCUT2D eigenvalue weighted by atomic mass is 32.2. The fourth-order valence-electron chi connectivity index (χ4n) is 5.64. The van der Waals surface area contributed by atoms with Crippen LogP contribution in [-0.2, 0) is 0 Å². The summed E-state index contributed by atoms with van der Waals surface area (Å²) in [6, 6.07) is 10.2. The number of carbonyl (C=O) groups excluding carboxylic acids is 1. The lowest BCUT2D eigenvalue weighted by atomic mass is 9.93. The van der Waals surface area contributed by atoms with E-state index in [2.05, 4.69) is 40.5 Å². The minimum Gasteiger partial charge on any atom is -0.477 e. The number of alkyl halides is 3. The number of carbonyl (C=O) groups is 1. The van der Waals surface area contributed by atoms with Gasteiger partial charge in [-0.15, -0.1) is 5.10 Å². The Hall–Kier alpha value is -3.48. The lowest BCUT2D eigenvalue weighted by molar-refractivity contribution is -0.190. The van der Waals surface area contributed by atoms with Crippen LogP contribution in [-0.4, -0.2) is 50.5 Å². The van der Waals surface area contributed by atoms with Gasteiger partial charge in [-0.05, 0) is 76.1 Å². The number of nitrogens with one attached hydrogen (secondary N) is 1. The van der Waals surface area contributed by atoms with E-state index in [0.717, 1.165) is 37.8 Å². The molecule has 0 aromatic carbocycles. The number of ether oxygens (including phenoxy) is 1. The van der Waals surface area contributed by atoms with Crippen molar-refractivity contribution in [3.63, 3.8) is 0 Å². The number of nitrogens with two attached hydrogens (primary N) is 1. The van der Waals surface area contributed by atoms with E-state index in [1.54, 1.807) is 42.6 Å². The van der Waals surface area contributed by atoms with Gasteiger partial charge in [0, 0.05) is 36.3 Å². The third-order valence-corrected chi connectivity index (χ3v) is 8.82. The maximum absolute atomic E-state index is 13.4. The van der Waals surface area contributed by atoms with E-state index in [0.29, 0.717) is 34.0 Å². The highest BCUT2D eigenvalue weighted by Crippen LogP contribution is 2.59. The van der Waals surface area contributed by atoms with E-state index < -0.39 is 11.6 Å². The van der Waals surface area contributed by atoms with Gasteiger partial charge >= 0.3 is 6.18 Å². The van der Waals surface area contributed by atoms with Gasteiger partial charge < -0.3 is 15.4 Å². The zero-order valence-electron chi connectivity index (χ0n) is 23.9. The molecule has 5 rings (SSSR count). The van der Waals surface area contributed by atoms with Gasteiger partial charge in [-0.2, -0.15) is 13.2 Å². The van der Waals surface area contributed by atoms with Crippen molar-refractivity contribution in [1.82, 2.24) is 24.5 Å². The topological polar surface area (TPSA) is 111 Å². The molecule has 0 spiro atoms. The largest absolute Gasteiger partial charge is 0.477 e. The monoisotopic (exact) mass is 603 g/mol. The third kappa shape index (κ3) is 6.45. The van der Waals surface area contributed by atoms with Gasteiger partial charge in [0.2, 0.25) is 5.88 Å². The average Bonchev–Trinajstić information content (AvgIpc) is 3.48. The molecular formula is C29H36F3N7O2S. The van der Waals surface area contributed by atoms with Crippen LogP contribution in [0.15, 0.2) is 47.6 Å². The normalized spacial score (nSPS) is 19.1. The van der Waals surface area contributed by atoms with Crippen LogP contribution in [0.25, 0.3) is 5.82 Å². The number of nitrogen functional groups attached to an aromatic ring is 1. The molecule has 1 atom stereocenters. The number of aromatic nitrogens is 4. The summed E-state index contributed by atoms with van der Waals surface area (Å²) < 4.78 is 49.7. The van der Waals surface area contributed by atoms with Gasteiger partial charge in [0.05, 0.1) is 17.6 Å². The molecular weight excluding hydrogens is 567 g/mol. The quantitative estimate of drug-likeness (QED) is 0.249. The molecule has 2 fully saturated rings. The van der Waals surface area contributed by atoms with Gasteiger partial charge in [-0.25, -0.2) is 14.6 Å². The number of pyridine rings is 2. The second-order valence-corrected chi connectivity index (χ2v) is 12.6. The predicted octanol–water partition coefficient (Wildman–Crippen LogP) is 6.20. The molecule has 1 unspecified atom stereocenters. The van der Waals surface area contributed by atoms with Crippen molar-refractivity contribution in [3.8, 4) is 11.7 Å². The van der Waals surface area contributed by atoms with Crippen LogP contribution in [0.2, 0.25) is 0 Å². The fraction of sp³-hybridized carbons (Fsp3) is 0.517. The molecule has 0 radical (unpaired) electrons. The van der Waals surface area contributed by atoms with Crippen LogP contribution in [0.4, 0.5) is 24.8 Å².